The second kappa shape index (κ2) is 6.51. The van der Waals surface area contributed by atoms with E-state index >= 15 is 0 Å². The molecule has 1 fully saturated rings. The topological polar surface area (TPSA) is 16.1 Å². The van der Waals surface area contributed by atoms with Gasteiger partial charge < -0.3 is 0 Å². The summed E-state index contributed by atoms with van der Waals surface area (Å²) in [5.74, 6) is 1.79. The van der Waals surface area contributed by atoms with Crippen molar-refractivity contribution in [2.45, 2.75) is 58.5 Å². The van der Waals surface area contributed by atoms with Gasteiger partial charge in [0.15, 0.2) is 0 Å². The number of hydrogen-bond donors (Lipinski definition) is 0. The van der Waals surface area contributed by atoms with Crippen LogP contribution in [0.25, 0.3) is 0 Å². The smallest absolute Gasteiger partial charge is 0.0335 e. The molecule has 0 aromatic carbocycles. The van der Waals surface area contributed by atoms with Gasteiger partial charge in [0.1, 0.15) is 0 Å². The Balaban J connectivity index is 1.92. The van der Waals surface area contributed by atoms with Crippen molar-refractivity contribution in [2.24, 2.45) is 11.8 Å². The summed E-state index contributed by atoms with van der Waals surface area (Å²) in [6.45, 7) is 7.03. The number of pyridine rings is 1. The molecule has 1 aliphatic carbocycles. The van der Waals surface area contributed by atoms with Gasteiger partial charge >= 0.3 is 0 Å². The third kappa shape index (κ3) is 3.56. The summed E-state index contributed by atoms with van der Waals surface area (Å²) >= 11 is 0. The Morgan fingerprint density at radius 3 is 2.37 bits per heavy atom. The molecule has 1 aromatic heterocycles. The van der Waals surface area contributed by atoms with E-state index in [0.717, 1.165) is 17.9 Å². The molecule has 19 heavy (non-hydrogen) atoms. The van der Waals surface area contributed by atoms with Crippen molar-refractivity contribution in [1.29, 1.82) is 0 Å². The molecule has 0 radical (unpaired) electrons. The Morgan fingerprint density at radius 2 is 1.84 bits per heavy atom. The van der Waals surface area contributed by atoms with Gasteiger partial charge in [-0.2, -0.15) is 0 Å². The molecular formula is C17H28N2. The fourth-order valence-corrected chi connectivity index (χ4v) is 3.35. The molecule has 2 rings (SSSR count). The van der Waals surface area contributed by atoms with Gasteiger partial charge in [-0.3, -0.25) is 9.88 Å². The summed E-state index contributed by atoms with van der Waals surface area (Å²) in [6.07, 6.45) is 9.34. The molecular weight excluding hydrogens is 232 g/mol. The molecule has 1 aromatic rings. The molecule has 1 heterocycles. The lowest BCUT2D eigenvalue weighted by Crippen LogP contribution is -2.37. The lowest BCUT2D eigenvalue weighted by molar-refractivity contribution is 0.115. The zero-order valence-corrected chi connectivity index (χ0v) is 12.8. The fourth-order valence-electron chi connectivity index (χ4n) is 3.35. The van der Waals surface area contributed by atoms with Crippen molar-refractivity contribution in [3.8, 4) is 0 Å². The van der Waals surface area contributed by atoms with Crippen molar-refractivity contribution in [2.75, 3.05) is 7.05 Å². The third-order valence-electron chi connectivity index (χ3n) is 5.04. The van der Waals surface area contributed by atoms with Crippen LogP contribution in [-0.4, -0.2) is 23.0 Å². The number of nitrogens with zero attached hydrogens (tertiary/aromatic N) is 2. The van der Waals surface area contributed by atoms with Gasteiger partial charge in [0.25, 0.3) is 0 Å². The quantitative estimate of drug-likeness (QED) is 0.803. The number of aromatic nitrogens is 1. The zero-order chi connectivity index (χ0) is 13.8. The van der Waals surface area contributed by atoms with Crippen LogP contribution in [-0.2, 0) is 0 Å². The lowest BCUT2D eigenvalue weighted by atomic mass is 9.79. The molecule has 0 N–H and O–H groups in total. The molecule has 106 valence electrons. The molecule has 0 bridgehead atoms. The Morgan fingerprint density at radius 1 is 1.16 bits per heavy atom. The fraction of sp³-hybridized carbons (Fsp3) is 0.706. The minimum absolute atomic E-state index is 0.467. The predicted molar refractivity (Wildman–Crippen MR) is 81.0 cm³/mol. The maximum atomic E-state index is 4.24. The van der Waals surface area contributed by atoms with Crippen LogP contribution < -0.4 is 0 Å². The standard InChI is InChI=1S/C17H28N2/c1-13(2)15-7-9-17(10-8-15)19(4)14(3)16-6-5-11-18-12-16/h5-6,11-15,17H,7-10H2,1-4H3/t14?,15-,17-. The van der Waals surface area contributed by atoms with Gasteiger partial charge in [-0.1, -0.05) is 19.9 Å². The highest BCUT2D eigenvalue weighted by molar-refractivity contribution is 5.13. The van der Waals surface area contributed by atoms with Crippen LogP contribution in [0.4, 0.5) is 0 Å². The van der Waals surface area contributed by atoms with Gasteiger partial charge in [-0.15, -0.1) is 0 Å². The summed E-state index contributed by atoms with van der Waals surface area (Å²) in [4.78, 5) is 6.79. The first-order valence-corrected chi connectivity index (χ1v) is 7.71. The normalized spacial score (nSPS) is 25.8. The van der Waals surface area contributed by atoms with E-state index in [-0.39, 0.29) is 0 Å². The Bertz CT molecular complexity index is 366. The van der Waals surface area contributed by atoms with Crippen LogP contribution in [0.15, 0.2) is 24.5 Å². The van der Waals surface area contributed by atoms with E-state index in [1.807, 2.05) is 18.5 Å². The first-order chi connectivity index (χ1) is 9.09. The van der Waals surface area contributed by atoms with Crippen LogP contribution in [0.5, 0.6) is 0 Å². The Kier molecular flexibility index (Phi) is 4.98. The first-order valence-electron chi connectivity index (χ1n) is 7.71. The van der Waals surface area contributed by atoms with Gasteiger partial charge in [0.05, 0.1) is 0 Å². The SMILES string of the molecule is CC(c1cccnc1)N(C)[C@H]1CC[C@H](C(C)C)CC1. The van der Waals surface area contributed by atoms with E-state index in [2.05, 4.69) is 43.8 Å². The van der Waals surface area contributed by atoms with Crippen LogP contribution in [0.3, 0.4) is 0 Å². The van der Waals surface area contributed by atoms with Crippen molar-refractivity contribution in [3.63, 3.8) is 0 Å². The van der Waals surface area contributed by atoms with Crippen molar-refractivity contribution in [1.82, 2.24) is 9.88 Å². The zero-order valence-electron chi connectivity index (χ0n) is 12.8. The third-order valence-corrected chi connectivity index (χ3v) is 5.04. The lowest BCUT2D eigenvalue weighted by Gasteiger charge is -2.39. The molecule has 0 aliphatic heterocycles. The minimum Gasteiger partial charge on any atom is -0.297 e. The average Bonchev–Trinajstić information content (AvgIpc) is 2.46. The molecule has 2 heteroatoms. The van der Waals surface area contributed by atoms with Crippen LogP contribution in [0.1, 0.15) is 58.1 Å². The van der Waals surface area contributed by atoms with Gasteiger partial charge in [-0.25, -0.2) is 0 Å². The van der Waals surface area contributed by atoms with E-state index in [1.165, 1.54) is 31.2 Å². The van der Waals surface area contributed by atoms with Gasteiger partial charge in [0, 0.05) is 24.5 Å². The van der Waals surface area contributed by atoms with E-state index in [0.29, 0.717) is 6.04 Å². The van der Waals surface area contributed by atoms with Crippen LogP contribution in [0.2, 0.25) is 0 Å². The highest BCUT2D eigenvalue weighted by Crippen LogP contribution is 2.34. The van der Waals surface area contributed by atoms with Crippen LogP contribution >= 0.6 is 0 Å². The van der Waals surface area contributed by atoms with E-state index < -0.39 is 0 Å². The summed E-state index contributed by atoms with van der Waals surface area (Å²) in [5, 5.41) is 0. The molecule has 1 unspecified atom stereocenters. The summed E-state index contributed by atoms with van der Waals surface area (Å²) in [7, 11) is 2.28. The average molecular weight is 260 g/mol. The second-order valence-corrected chi connectivity index (χ2v) is 6.44. The molecule has 0 spiro atoms. The van der Waals surface area contributed by atoms with E-state index in [9.17, 15) is 0 Å². The van der Waals surface area contributed by atoms with E-state index in [4.69, 9.17) is 0 Å². The Labute approximate surface area is 118 Å². The second-order valence-electron chi connectivity index (χ2n) is 6.44. The highest BCUT2D eigenvalue weighted by Gasteiger charge is 2.27. The number of rotatable bonds is 4. The molecule has 2 nitrogen and oxygen atoms in total. The van der Waals surface area contributed by atoms with Crippen molar-refractivity contribution < 1.29 is 0 Å². The van der Waals surface area contributed by atoms with E-state index in [1.54, 1.807) is 0 Å². The summed E-state index contributed by atoms with van der Waals surface area (Å²) < 4.78 is 0. The van der Waals surface area contributed by atoms with Crippen molar-refractivity contribution >= 4 is 0 Å². The predicted octanol–water partition coefficient (Wildman–Crippen LogP) is 4.29. The molecule has 1 aliphatic rings. The summed E-state index contributed by atoms with van der Waals surface area (Å²) in [5.41, 5.74) is 1.33. The minimum atomic E-state index is 0.467. The molecule has 1 saturated carbocycles. The largest absolute Gasteiger partial charge is 0.297 e. The monoisotopic (exact) mass is 260 g/mol. The molecule has 1 atom stereocenters. The molecule has 0 amide bonds. The number of hydrogen-bond acceptors (Lipinski definition) is 2. The summed E-state index contributed by atoms with van der Waals surface area (Å²) in [6, 6.07) is 5.43. The maximum Gasteiger partial charge on any atom is 0.0335 e. The maximum absolute atomic E-state index is 4.24. The van der Waals surface area contributed by atoms with Crippen LogP contribution in [0, 0.1) is 11.8 Å². The van der Waals surface area contributed by atoms with Gasteiger partial charge in [0.2, 0.25) is 0 Å². The van der Waals surface area contributed by atoms with Crippen molar-refractivity contribution in [3.05, 3.63) is 30.1 Å². The Hall–Kier alpha value is -0.890. The molecule has 0 saturated heterocycles. The van der Waals surface area contributed by atoms with Gasteiger partial charge in [-0.05, 0) is 63.1 Å². The first kappa shape index (κ1) is 14.5. The highest BCUT2D eigenvalue weighted by atomic mass is 15.2.